The van der Waals surface area contributed by atoms with Gasteiger partial charge in [-0.3, -0.25) is 10.1 Å². The van der Waals surface area contributed by atoms with Crippen LogP contribution in [0.2, 0.25) is 0 Å². The number of rotatable bonds is 4. The second-order valence-corrected chi connectivity index (χ2v) is 6.11. The molecule has 0 unspecified atom stereocenters. The summed E-state index contributed by atoms with van der Waals surface area (Å²) in [4.78, 5) is 33.7. The van der Waals surface area contributed by atoms with Gasteiger partial charge in [-0.05, 0) is 11.5 Å². The minimum Gasteiger partial charge on any atom is -0.482 e. The first kappa shape index (κ1) is 16.0. The van der Waals surface area contributed by atoms with Crippen molar-refractivity contribution >= 4 is 29.2 Å². The van der Waals surface area contributed by atoms with Crippen LogP contribution in [0.4, 0.5) is 4.79 Å². The normalized spacial score (nSPS) is 10.9. The number of urea groups is 1. The fourth-order valence-corrected chi connectivity index (χ4v) is 2.31. The molecule has 0 aliphatic carbocycles. The second kappa shape index (κ2) is 5.91. The van der Waals surface area contributed by atoms with Crippen LogP contribution >= 0.6 is 11.3 Å². The molecule has 0 atom stereocenters. The Hall–Kier alpha value is -2.09. The summed E-state index contributed by atoms with van der Waals surface area (Å²) in [7, 11) is 0. The topological polar surface area (TPSA) is 119 Å². The average Bonchev–Trinajstić information content (AvgIpc) is 2.68. The van der Waals surface area contributed by atoms with Crippen molar-refractivity contribution in [3.63, 3.8) is 0 Å². The van der Waals surface area contributed by atoms with Gasteiger partial charge in [0.2, 0.25) is 0 Å². The molecule has 20 heavy (non-hydrogen) atoms. The van der Waals surface area contributed by atoms with E-state index in [1.807, 2.05) is 26.1 Å². The van der Waals surface area contributed by atoms with E-state index in [9.17, 15) is 14.4 Å². The van der Waals surface area contributed by atoms with Gasteiger partial charge in [-0.15, -0.1) is 11.3 Å². The molecule has 0 aliphatic heterocycles. The average molecular weight is 300 g/mol. The Morgan fingerprint density at radius 3 is 2.45 bits per heavy atom. The van der Waals surface area contributed by atoms with Gasteiger partial charge in [0.15, 0.2) is 11.5 Å². The summed E-state index contributed by atoms with van der Waals surface area (Å²) in [6.45, 7) is 5.33. The number of hydrogen-bond acceptors (Lipinski definition) is 5. The molecule has 8 heteroatoms. The lowest BCUT2D eigenvalue weighted by molar-refractivity contribution is -0.121. The van der Waals surface area contributed by atoms with Crippen LogP contribution in [0.1, 0.15) is 35.3 Å². The first-order valence-electron chi connectivity index (χ1n) is 5.71. The summed E-state index contributed by atoms with van der Waals surface area (Å²) in [6, 6.07) is 0.601. The molecule has 0 spiro atoms. The van der Waals surface area contributed by atoms with Gasteiger partial charge in [0.1, 0.15) is 5.75 Å². The van der Waals surface area contributed by atoms with Crippen LogP contribution in [-0.4, -0.2) is 29.6 Å². The Labute approximate surface area is 119 Å². The predicted octanol–water partition coefficient (Wildman–Crippen LogP) is 1.32. The molecule has 3 amide bonds. The molecular formula is C12H16N2O5S. The van der Waals surface area contributed by atoms with E-state index in [1.165, 1.54) is 0 Å². The molecule has 0 saturated heterocycles. The van der Waals surface area contributed by atoms with E-state index in [0.29, 0.717) is 0 Å². The van der Waals surface area contributed by atoms with E-state index in [2.05, 4.69) is 0 Å². The minimum absolute atomic E-state index is 0.0156. The molecule has 7 nitrogen and oxygen atoms in total. The number of nitrogens with one attached hydrogen (secondary N) is 1. The highest BCUT2D eigenvalue weighted by Crippen LogP contribution is 2.36. The number of carbonyl (C=O) groups is 3. The van der Waals surface area contributed by atoms with E-state index in [0.717, 1.165) is 16.2 Å². The lowest BCUT2D eigenvalue weighted by Crippen LogP contribution is -2.38. The molecule has 0 bridgehead atoms. The number of amides is 3. The molecule has 0 aliphatic rings. The highest BCUT2D eigenvalue weighted by Gasteiger charge is 2.24. The first-order chi connectivity index (χ1) is 9.11. The van der Waals surface area contributed by atoms with Crippen LogP contribution in [0.15, 0.2) is 6.07 Å². The first-order valence-corrected chi connectivity index (χ1v) is 6.52. The van der Waals surface area contributed by atoms with E-state index < -0.39 is 24.5 Å². The maximum absolute atomic E-state index is 11.2. The maximum Gasteiger partial charge on any atom is 0.349 e. The number of carboxylic acid groups (broad SMARTS) is 1. The fraction of sp³-hybridized carbons (Fsp3) is 0.417. The molecule has 1 rings (SSSR count). The standard InChI is InChI=1S/C12H16N2O5S/c1-12(2,3)7-4-6(9(20-7)10(16)17)19-5-8(15)14-11(13)18/h4H,5H2,1-3H3,(H,16,17)(H3,13,14,15,18). The number of nitrogens with two attached hydrogens (primary N) is 1. The Morgan fingerprint density at radius 1 is 1.40 bits per heavy atom. The quantitative estimate of drug-likeness (QED) is 0.774. The third kappa shape index (κ3) is 4.23. The fourth-order valence-electron chi connectivity index (χ4n) is 1.32. The molecule has 0 saturated carbocycles. The molecule has 4 N–H and O–H groups in total. The van der Waals surface area contributed by atoms with Crippen LogP contribution < -0.4 is 15.8 Å². The molecule has 0 radical (unpaired) electrons. The van der Waals surface area contributed by atoms with Crippen molar-refractivity contribution in [1.29, 1.82) is 0 Å². The van der Waals surface area contributed by atoms with E-state index >= 15 is 0 Å². The smallest absolute Gasteiger partial charge is 0.349 e. The van der Waals surface area contributed by atoms with Gasteiger partial charge in [-0.2, -0.15) is 0 Å². The third-order valence-corrected chi connectivity index (χ3v) is 3.78. The van der Waals surface area contributed by atoms with Gasteiger partial charge < -0.3 is 15.6 Å². The number of aromatic carboxylic acids is 1. The number of ether oxygens (including phenoxy) is 1. The Morgan fingerprint density at radius 2 is 2.00 bits per heavy atom. The van der Waals surface area contributed by atoms with E-state index in [1.54, 1.807) is 6.07 Å². The number of carboxylic acids is 1. The van der Waals surface area contributed by atoms with Crippen molar-refractivity contribution in [2.24, 2.45) is 5.73 Å². The highest BCUT2D eigenvalue weighted by atomic mass is 32.1. The molecule has 0 fully saturated rings. The zero-order valence-corrected chi connectivity index (χ0v) is 12.2. The van der Waals surface area contributed by atoms with Crippen molar-refractivity contribution in [1.82, 2.24) is 5.32 Å². The van der Waals surface area contributed by atoms with Crippen molar-refractivity contribution in [2.45, 2.75) is 26.2 Å². The lowest BCUT2D eigenvalue weighted by atomic mass is 9.95. The van der Waals surface area contributed by atoms with Crippen LogP contribution in [0.5, 0.6) is 5.75 Å². The van der Waals surface area contributed by atoms with Crippen molar-refractivity contribution in [2.75, 3.05) is 6.61 Å². The molecule has 1 aromatic heterocycles. The zero-order chi connectivity index (χ0) is 15.5. The van der Waals surface area contributed by atoms with Crippen molar-refractivity contribution in [3.05, 3.63) is 15.8 Å². The third-order valence-electron chi connectivity index (χ3n) is 2.25. The summed E-state index contributed by atoms with van der Waals surface area (Å²) in [6.07, 6.45) is 0. The number of imide groups is 1. The number of carbonyl (C=O) groups excluding carboxylic acids is 2. The van der Waals surface area contributed by atoms with Gasteiger partial charge in [0.05, 0.1) is 0 Å². The van der Waals surface area contributed by atoms with Crippen LogP contribution in [0, 0.1) is 0 Å². The van der Waals surface area contributed by atoms with Gasteiger partial charge in [-0.25, -0.2) is 9.59 Å². The minimum atomic E-state index is -1.13. The van der Waals surface area contributed by atoms with Crippen LogP contribution in [0.25, 0.3) is 0 Å². The van der Waals surface area contributed by atoms with Crippen LogP contribution in [-0.2, 0) is 10.2 Å². The van der Waals surface area contributed by atoms with Crippen LogP contribution in [0.3, 0.4) is 0 Å². The summed E-state index contributed by atoms with van der Waals surface area (Å²) in [5.74, 6) is -1.76. The van der Waals surface area contributed by atoms with E-state index in [4.69, 9.17) is 15.6 Å². The number of primary amides is 1. The van der Waals surface area contributed by atoms with Gasteiger partial charge >= 0.3 is 12.0 Å². The SMILES string of the molecule is CC(C)(C)c1cc(OCC(=O)NC(N)=O)c(C(=O)O)s1. The second-order valence-electron chi connectivity index (χ2n) is 5.06. The molecule has 1 aromatic rings. The van der Waals surface area contributed by atoms with Gasteiger partial charge in [0, 0.05) is 4.88 Å². The van der Waals surface area contributed by atoms with Gasteiger partial charge in [-0.1, -0.05) is 20.8 Å². The molecule has 0 aromatic carbocycles. The highest BCUT2D eigenvalue weighted by molar-refractivity contribution is 7.14. The molecular weight excluding hydrogens is 284 g/mol. The summed E-state index contributed by atoms with van der Waals surface area (Å²) in [5, 5.41) is 10.9. The largest absolute Gasteiger partial charge is 0.482 e. The Kier molecular flexibility index (Phi) is 4.72. The van der Waals surface area contributed by atoms with Gasteiger partial charge in [0.25, 0.3) is 5.91 Å². The lowest BCUT2D eigenvalue weighted by Gasteiger charge is -2.14. The van der Waals surface area contributed by atoms with E-state index in [-0.39, 0.29) is 16.0 Å². The monoisotopic (exact) mass is 300 g/mol. The predicted molar refractivity (Wildman–Crippen MR) is 73.2 cm³/mol. The van der Waals surface area contributed by atoms with Crippen molar-refractivity contribution < 1.29 is 24.2 Å². The maximum atomic E-state index is 11.2. The summed E-state index contributed by atoms with van der Waals surface area (Å²) < 4.78 is 5.15. The molecule has 1 heterocycles. The molecule has 110 valence electrons. The summed E-state index contributed by atoms with van der Waals surface area (Å²) in [5.41, 5.74) is 4.55. The Bertz CT molecular complexity index is 545. The Balaban J connectivity index is 2.88. The number of thiophene rings is 1. The van der Waals surface area contributed by atoms with Crippen molar-refractivity contribution in [3.8, 4) is 5.75 Å². The zero-order valence-electron chi connectivity index (χ0n) is 11.4. The number of hydrogen-bond donors (Lipinski definition) is 3. The summed E-state index contributed by atoms with van der Waals surface area (Å²) >= 11 is 1.09.